The lowest BCUT2D eigenvalue weighted by molar-refractivity contribution is 0.102. The van der Waals surface area contributed by atoms with Crippen LogP contribution in [-0.4, -0.2) is 10.9 Å². The van der Waals surface area contributed by atoms with Crippen LogP contribution in [0.4, 0.5) is 11.5 Å². The van der Waals surface area contributed by atoms with Crippen molar-refractivity contribution in [2.24, 2.45) is 0 Å². The van der Waals surface area contributed by atoms with Crippen LogP contribution in [0.5, 0.6) is 0 Å². The van der Waals surface area contributed by atoms with E-state index in [1.165, 1.54) is 12.1 Å². The van der Waals surface area contributed by atoms with Crippen molar-refractivity contribution in [2.45, 2.75) is 0 Å². The fourth-order valence-corrected chi connectivity index (χ4v) is 4.17. The van der Waals surface area contributed by atoms with Gasteiger partial charge in [0.15, 0.2) is 0 Å². The van der Waals surface area contributed by atoms with Gasteiger partial charge in [-0.15, -0.1) is 0 Å². The molecular weight excluding hydrogens is 477 g/mol. The van der Waals surface area contributed by atoms with Crippen LogP contribution in [0, 0.1) is 0 Å². The predicted octanol–water partition coefficient (Wildman–Crippen LogP) is 4.86. The van der Waals surface area contributed by atoms with Gasteiger partial charge in [-0.25, -0.2) is 4.98 Å². The summed E-state index contributed by atoms with van der Waals surface area (Å²) in [5.41, 5.74) is 6.52. The van der Waals surface area contributed by atoms with Gasteiger partial charge in [-0.3, -0.25) is 4.79 Å². The summed E-state index contributed by atoms with van der Waals surface area (Å²) >= 11 is 15.9. The van der Waals surface area contributed by atoms with Gasteiger partial charge in [-0.2, -0.15) is 0 Å². The number of halogens is 4. The third kappa shape index (κ3) is 3.72. The number of carbonyl (C=O) groups is 1. The Kier molecular flexibility index (Phi) is 5.06. The van der Waals surface area contributed by atoms with Crippen molar-refractivity contribution in [2.75, 3.05) is 11.1 Å². The molecule has 0 atom stereocenters. The van der Waals surface area contributed by atoms with Gasteiger partial charge in [-0.1, -0.05) is 27.5 Å². The summed E-state index contributed by atoms with van der Waals surface area (Å²) in [7, 11) is 0. The third-order valence-electron chi connectivity index (χ3n) is 2.32. The van der Waals surface area contributed by atoms with E-state index in [1.54, 1.807) is 0 Å². The Labute approximate surface area is 145 Å². The molecule has 1 heterocycles. The SMILES string of the molecule is Nc1cc(C(=O)Nc2c(Br)cc(Br)cc2Br)cc(Cl)n1. The topological polar surface area (TPSA) is 68.0 Å². The second kappa shape index (κ2) is 6.43. The fraction of sp³-hybridized carbons (Fsp3) is 0. The lowest BCUT2D eigenvalue weighted by Crippen LogP contribution is -2.13. The predicted molar refractivity (Wildman–Crippen MR) is 91.2 cm³/mol. The molecule has 0 radical (unpaired) electrons. The number of nitrogen functional groups attached to an aromatic ring is 1. The molecule has 1 aromatic carbocycles. The number of amides is 1. The number of nitrogens with two attached hydrogens (primary N) is 1. The van der Waals surface area contributed by atoms with E-state index in [4.69, 9.17) is 17.3 Å². The normalized spacial score (nSPS) is 10.4. The molecule has 0 bridgehead atoms. The van der Waals surface area contributed by atoms with Crippen molar-refractivity contribution in [1.29, 1.82) is 0 Å². The maximum Gasteiger partial charge on any atom is 0.255 e. The van der Waals surface area contributed by atoms with Crippen molar-refractivity contribution < 1.29 is 4.79 Å². The first-order valence-electron chi connectivity index (χ1n) is 5.26. The van der Waals surface area contributed by atoms with E-state index in [0.29, 0.717) is 11.3 Å². The van der Waals surface area contributed by atoms with Crippen molar-refractivity contribution >= 4 is 76.8 Å². The largest absolute Gasteiger partial charge is 0.384 e. The van der Waals surface area contributed by atoms with Gasteiger partial charge < -0.3 is 11.1 Å². The van der Waals surface area contributed by atoms with Crippen molar-refractivity contribution in [1.82, 2.24) is 4.98 Å². The molecule has 104 valence electrons. The van der Waals surface area contributed by atoms with Gasteiger partial charge in [0.05, 0.1) is 5.69 Å². The minimum Gasteiger partial charge on any atom is -0.384 e. The third-order valence-corrected chi connectivity index (χ3v) is 4.22. The van der Waals surface area contributed by atoms with E-state index in [1.807, 2.05) is 12.1 Å². The van der Waals surface area contributed by atoms with Gasteiger partial charge in [0.25, 0.3) is 5.91 Å². The van der Waals surface area contributed by atoms with Gasteiger partial charge >= 0.3 is 0 Å². The number of aromatic nitrogens is 1. The number of hydrogen-bond acceptors (Lipinski definition) is 3. The summed E-state index contributed by atoms with van der Waals surface area (Å²) in [6, 6.07) is 6.57. The zero-order valence-electron chi connectivity index (χ0n) is 9.75. The molecule has 20 heavy (non-hydrogen) atoms. The zero-order valence-corrected chi connectivity index (χ0v) is 15.3. The molecule has 0 unspecified atom stereocenters. The van der Waals surface area contributed by atoms with E-state index in [2.05, 4.69) is 58.1 Å². The van der Waals surface area contributed by atoms with Crippen LogP contribution in [0.15, 0.2) is 37.7 Å². The average molecular weight is 484 g/mol. The Morgan fingerprint density at radius 1 is 1.15 bits per heavy atom. The van der Waals surface area contributed by atoms with E-state index < -0.39 is 0 Å². The number of carbonyl (C=O) groups excluding carboxylic acids is 1. The summed E-state index contributed by atoms with van der Waals surface area (Å²) in [5.74, 6) is -0.138. The van der Waals surface area contributed by atoms with Gasteiger partial charge in [0.2, 0.25) is 0 Å². The molecule has 1 aromatic heterocycles. The number of anilines is 2. The monoisotopic (exact) mass is 481 g/mol. The second-order valence-electron chi connectivity index (χ2n) is 3.80. The van der Waals surface area contributed by atoms with Crippen molar-refractivity contribution in [3.63, 3.8) is 0 Å². The summed E-state index contributed by atoms with van der Waals surface area (Å²) in [4.78, 5) is 16.0. The summed E-state index contributed by atoms with van der Waals surface area (Å²) in [6.07, 6.45) is 0. The molecule has 0 saturated heterocycles. The standard InChI is InChI=1S/C12H7Br3ClN3O/c13-6-3-7(14)11(8(15)4-6)19-12(20)5-1-9(16)18-10(17)2-5/h1-4H,(H2,17,18)(H,19,20). The van der Waals surface area contributed by atoms with Crippen LogP contribution in [-0.2, 0) is 0 Å². The van der Waals surface area contributed by atoms with Crippen LogP contribution >= 0.6 is 59.4 Å². The summed E-state index contributed by atoms with van der Waals surface area (Å²) in [5, 5.41) is 2.95. The first-order valence-corrected chi connectivity index (χ1v) is 8.01. The lowest BCUT2D eigenvalue weighted by atomic mass is 10.2. The lowest BCUT2D eigenvalue weighted by Gasteiger charge is -2.11. The smallest absolute Gasteiger partial charge is 0.255 e. The number of hydrogen-bond donors (Lipinski definition) is 2. The highest BCUT2D eigenvalue weighted by molar-refractivity contribution is 9.11. The molecule has 3 N–H and O–H groups in total. The molecule has 1 amide bonds. The highest BCUT2D eigenvalue weighted by Gasteiger charge is 2.13. The van der Waals surface area contributed by atoms with Crippen molar-refractivity contribution in [3.05, 3.63) is 48.4 Å². The minimum atomic E-state index is -0.329. The van der Waals surface area contributed by atoms with E-state index in [-0.39, 0.29) is 16.9 Å². The van der Waals surface area contributed by atoms with Crippen LogP contribution < -0.4 is 11.1 Å². The van der Waals surface area contributed by atoms with E-state index in [0.717, 1.165) is 13.4 Å². The molecule has 2 aromatic rings. The zero-order chi connectivity index (χ0) is 14.9. The highest BCUT2D eigenvalue weighted by Crippen LogP contribution is 2.34. The van der Waals surface area contributed by atoms with Crippen molar-refractivity contribution in [3.8, 4) is 0 Å². The first kappa shape index (κ1) is 15.8. The Bertz CT molecular complexity index is 650. The van der Waals surface area contributed by atoms with E-state index in [9.17, 15) is 4.79 Å². The Balaban J connectivity index is 2.32. The number of benzene rings is 1. The Morgan fingerprint density at radius 2 is 1.75 bits per heavy atom. The number of nitrogens with one attached hydrogen (secondary N) is 1. The molecule has 0 aliphatic carbocycles. The van der Waals surface area contributed by atoms with Gasteiger partial charge in [0.1, 0.15) is 11.0 Å². The Morgan fingerprint density at radius 3 is 2.30 bits per heavy atom. The maximum atomic E-state index is 12.2. The Hall–Kier alpha value is -0.630. The molecular formula is C12H7Br3ClN3O. The molecule has 0 aliphatic rings. The molecule has 8 heteroatoms. The molecule has 0 aliphatic heterocycles. The van der Waals surface area contributed by atoms with Crippen LogP contribution in [0.25, 0.3) is 0 Å². The van der Waals surface area contributed by atoms with E-state index >= 15 is 0 Å². The second-order valence-corrected chi connectivity index (χ2v) is 6.81. The quantitative estimate of drug-likeness (QED) is 0.599. The number of nitrogens with zero attached hydrogens (tertiary/aromatic N) is 1. The average Bonchev–Trinajstić information content (AvgIpc) is 2.32. The van der Waals surface area contributed by atoms with Crippen LogP contribution in [0.2, 0.25) is 5.15 Å². The van der Waals surface area contributed by atoms with Gasteiger partial charge in [0, 0.05) is 19.0 Å². The molecule has 0 fully saturated rings. The summed E-state index contributed by atoms with van der Waals surface area (Å²) in [6.45, 7) is 0. The molecule has 0 saturated carbocycles. The molecule has 2 rings (SSSR count). The summed E-state index contributed by atoms with van der Waals surface area (Å²) < 4.78 is 2.35. The van der Waals surface area contributed by atoms with Crippen LogP contribution in [0.1, 0.15) is 10.4 Å². The molecule has 0 spiro atoms. The number of pyridine rings is 1. The fourth-order valence-electron chi connectivity index (χ4n) is 1.50. The first-order chi connectivity index (χ1) is 9.36. The number of rotatable bonds is 2. The van der Waals surface area contributed by atoms with Crippen LogP contribution in [0.3, 0.4) is 0 Å². The minimum absolute atomic E-state index is 0.170. The molecule has 4 nitrogen and oxygen atoms in total. The maximum absolute atomic E-state index is 12.2. The highest BCUT2D eigenvalue weighted by atomic mass is 79.9. The van der Waals surface area contributed by atoms with Gasteiger partial charge in [-0.05, 0) is 56.1 Å².